The molecule has 2 amide bonds. The lowest BCUT2D eigenvalue weighted by Crippen LogP contribution is -2.56. The van der Waals surface area contributed by atoms with Crippen molar-refractivity contribution in [1.82, 2.24) is 10.2 Å². The van der Waals surface area contributed by atoms with E-state index in [1.54, 1.807) is 6.92 Å². The molecule has 0 spiro atoms. The fourth-order valence-electron chi connectivity index (χ4n) is 5.71. The van der Waals surface area contributed by atoms with Crippen LogP contribution < -0.4 is 5.32 Å². The summed E-state index contributed by atoms with van der Waals surface area (Å²) < 4.78 is 93.3. The second-order valence-electron chi connectivity index (χ2n) is 9.25. The lowest BCUT2D eigenvalue weighted by Gasteiger charge is -2.37. The Morgan fingerprint density at radius 2 is 1.70 bits per heavy atom. The number of piperazine rings is 1. The molecule has 4 atom stereocenters. The number of fused-ring (bicyclic) bond motifs is 3. The van der Waals surface area contributed by atoms with E-state index >= 15 is 0 Å². The Balaban J connectivity index is 1.59. The van der Waals surface area contributed by atoms with Gasteiger partial charge in [-0.3, -0.25) is 9.59 Å². The average Bonchev–Trinajstić information content (AvgIpc) is 3.14. The highest BCUT2D eigenvalue weighted by Crippen LogP contribution is 2.55. The number of carbonyl (C=O) groups excluding carboxylic acids is 2. The van der Waals surface area contributed by atoms with Gasteiger partial charge in [0.2, 0.25) is 11.8 Å². The van der Waals surface area contributed by atoms with E-state index < -0.39 is 23.6 Å². The topological polar surface area (TPSA) is 49.4 Å². The Hall–Kier alpha value is -2.33. The molecule has 0 bridgehead atoms. The van der Waals surface area contributed by atoms with Gasteiger partial charge in [0, 0.05) is 24.1 Å². The van der Waals surface area contributed by atoms with Crippen LogP contribution in [0.3, 0.4) is 0 Å². The lowest BCUT2D eigenvalue weighted by atomic mass is 9.73. The molecule has 1 saturated carbocycles. The fraction of sp³-hybridized carbons (Fsp3) is 0.636. The van der Waals surface area contributed by atoms with Crippen LogP contribution in [0.15, 0.2) is 18.2 Å². The fourth-order valence-corrected chi connectivity index (χ4v) is 5.71. The summed E-state index contributed by atoms with van der Waals surface area (Å²) in [7, 11) is 0. The summed E-state index contributed by atoms with van der Waals surface area (Å²) in [6, 6.07) is 2.21. The number of nitrogens with one attached hydrogen (secondary N) is 1. The number of nitrogens with zero attached hydrogens (tertiary/aromatic N) is 1. The number of hydrogen-bond acceptors (Lipinski definition) is 2. The van der Waals surface area contributed by atoms with E-state index in [2.05, 4.69) is 5.32 Å². The van der Waals surface area contributed by atoms with Crippen LogP contribution >= 0.6 is 0 Å². The number of aryl methyl sites for hydroxylation is 1. The molecule has 2 fully saturated rings. The molecule has 1 saturated heterocycles. The van der Waals surface area contributed by atoms with Crippen LogP contribution in [0.25, 0.3) is 0 Å². The van der Waals surface area contributed by atoms with E-state index in [-0.39, 0.29) is 54.1 Å². The minimum atomic E-state index is -6.15. The molecule has 1 unspecified atom stereocenters. The average molecular weight is 480 g/mol. The summed E-state index contributed by atoms with van der Waals surface area (Å²) in [6.07, 6.45) is -10.7. The lowest BCUT2D eigenvalue weighted by molar-refractivity contribution is -0.348. The predicted octanol–water partition coefficient (Wildman–Crippen LogP) is 4.38. The van der Waals surface area contributed by atoms with E-state index in [0.29, 0.717) is 43.5 Å². The monoisotopic (exact) mass is 480 g/mol. The molecule has 1 aromatic rings. The van der Waals surface area contributed by atoms with Gasteiger partial charge in [0.1, 0.15) is 0 Å². The SMILES string of the molecule is CC1CN(C(=O)[C@@H]2CC[C@H]3c4ccc(C(F)(C(F)(F)F)C(F)(F)F)cc4CC[C@@H]23)CC(=O)N1. The van der Waals surface area contributed by atoms with E-state index in [0.717, 1.165) is 6.07 Å². The second-order valence-corrected chi connectivity index (χ2v) is 9.25. The largest absolute Gasteiger partial charge is 0.435 e. The molecule has 1 aliphatic heterocycles. The number of hydrogen-bond donors (Lipinski definition) is 1. The van der Waals surface area contributed by atoms with Crippen molar-refractivity contribution in [3.63, 3.8) is 0 Å². The van der Waals surface area contributed by atoms with Gasteiger partial charge < -0.3 is 10.2 Å². The van der Waals surface area contributed by atoms with Crippen molar-refractivity contribution in [2.45, 2.75) is 62.6 Å². The molecule has 4 nitrogen and oxygen atoms in total. The molecule has 2 aliphatic carbocycles. The smallest absolute Gasteiger partial charge is 0.350 e. The molecule has 33 heavy (non-hydrogen) atoms. The standard InChI is InChI=1S/C22H23F7N2O2/c1-11-9-31(10-18(32)30-11)19(33)17-7-6-15-14-5-3-13(8-12(14)2-4-16(15)17)20(23,21(24,25)26)22(27,28)29/h3,5,8,11,15-17H,2,4,6-7,9-10H2,1H3,(H,30,32)/t11?,15-,16+,17+/m0/s1. The van der Waals surface area contributed by atoms with Crippen molar-refractivity contribution in [2.24, 2.45) is 11.8 Å². The van der Waals surface area contributed by atoms with Gasteiger partial charge in [0.15, 0.2) is 0 Å². The minimum Gasteiger partial charge on any atom is -0.350 e. The van der Waals surface area contributed by atoms with Crippen molar-refractivity contribution in [2.75, 3.05) is 13.1 Å². The molecule has 0 aromatic heterocycles. The highest BCUT2D eigenvalue weighted by Gasteiger charge is 2.73. The summed E-state index contributed by atoms with van der Waals surface area (Å²) in [5, 5.41) is 2.74. The third-order valence-electron chi connectivity index (χ3n) is 7.16. The third-order valence-corrected chi connectivity index (χ3v) is 7.16. The molecular formula is C22H23F7N2O2. The van der Waals surface area contributed by atoms with Crippen LogP contribution in [-0.4, -0.2) is 48.2 Å². The summed E-state index contributed by atoms with van der Waals surface area (Å²) in [5.41, 5.74) is -6.10. The number of benzene rings is 1. The van der Waals surface area contributed by atoms with Crippen molar-refractivity contribution in [3.05, 3.63) is 34.9 Å². The van der Waals surface area contributed by atoms with E-state index in [1.165, 1.54) is 4.90 Å². The predicted molar refractivity (Wildman–Crippen MR) is 103 cm³/mol. The summed E-state index contributed by atoms with van der Waals surface area (Å²) in [6.45, 7) is 2.13. The Kier molecular flexibility index (Phi) is 5.68. The first-order chi connectivity index (χ1) is 15.2. The second kappa shape index (κ2) is 7.87. The van der Waals surface area contributed by atoms with E-state index in [1.807, 2.05) is 0 Å². The van der Waals surface area contributed by atoms with Crippen molar-refractivity contribution in [1.29, 1.82) is 0 Å². The van der Waals surface area contributed by atoms with Gasteiger partial charge in [0.25, 0.3) is 0 Å². The first kappa shape index (κ1) is 23.8. The molecule has 4 rings (SSSR count). The van der Waals surface area contributed by atoms with Crippen LogP contribution in [0.1, 0.15) is 48.8 Å². The number of amides is 2. The van der Waals surface area contributed by atoms with Gasteiger partial charge in [-0.05, 0) is 55.6 Å². The summed E-state index contributed by atoms with van der Waals surface area (Å²) >= 11 is 0. The highest BCUT2D eigenvalue weighted by molar-refractivity contribution is 5.87. The van der Waals surface area contributed by atoms with Gasteiger partial charge >= 0.3 is 18.0 Å². The van der Waals surface area contributed by atoms with Gasteiger partial charge in [-0.25, -0.2) is 4.39 Å². The molecule has 1 aromatic carbocycles. The van der Waals surface area contributed by atoms with Crippen LogP contribution in [0.5, 0.6) is 0 Å². The molecule has 182 valence electrons. The number of halogens is 7. The summed E-state index contributed by atoms with van der Waals surface area (Å²) in [5.74, 6) is -1.11. The first-order valence-electron chi connectivity index (χ1n) is 10.8. The molecule has 11 heteroatoms. The maximum absolute atomic E-state index is 14.5. The van der Waals surface area contributed by atoms with Crippen LogP contribution in [0.2, 0.25) is 0 Å². The van der Waals surface area contributed by atoms with Gasteiger partial charge in [-0.2, -0.15) is 26.3 Å². The van der Waals surface area contributed by atoms with E-state index in [9.17, 15) is 40.3 Å². The molecule has 0 radical (unpaired) electrons. The quantitative estimate of drug-likeness (QED) is 0.639. The summed E-state index contributed by atoms with van der Waals surface area (Å²) in [4.78, 5) is 26.4. The Morgan fingerprint density at radius 1 is 1.03 bits per heavy atom. The number of rotatable bonds is 2. The molecule has 1 heterocycles. The zero-order valence-corrected chi connectivity index (χ0v) is 17.7. The maximum Gasteiger partial charge on any atom is 0.435 e. The van der Waals surface area contributed by atoms with Crippen molar-refractivity contribution < 1.29 is 40.3 Å². The van der Waals surface area contributed by atoms with Gasteiger partial charge in [-0.1, -0.05) is 18.2 Å². The highest BCUT2D eigenvalue weighted by atomic mass is 19.4. The van der Waals surface area contributed by atoms with E-state index in [4.69, 9.17) is 0 Å². The Morgan fingerprint density at radius 3 is 2.30 bits per heavy atom. The zero-order valence-electron chi connectivity index (χ0n) is 17.7. The zero-order chi connectivity index (χ0) is 24.3. The molecular weight excluding hydrogens is 457 g/mol. The van der Waals surface area contributed by atoms with Crippen LogP contribution in [-0.2, 0) is 21.7 Å². The van der Waals surface area contributed by atoms with Crippen molar-refractivity contribution in [3.8, 4) is 0 Å². The minimum absolute atomic E-state index is 0.0372. The molecule has 1 N–H and O–H groups in total. The van der Waals surface area contributed by atoms with Gasteiger partial charge in [-0.15, -0.1) is 0 Å². The van der Waals surface area contributed by atoms with Crippen molar-refractivity contribution >= 4 is 11.8 Å². The third kappa shape index (κ3) is 3.86. The van der Waals surface area contributed by atoms with Gasteiger partial charge in [0.05, 0.1) is 6.54 Å². The van der Waals surface area contributed by atoms with Crippen LogP contribution in [0, 0.1) is 11.8 Å². The number of carbonyl (C=O) groups is 2. The Labute approximate surface area is 185 Å². The normalized spacial score (nSPS) is 28.2. The first-order valence-corrected chi connectivity index (χ1v) is 10.8. The van der Waals surface area contributed by atoms with Crippen LogP contribution in [0.4, 0.5) is 30.7 Å². The maximum atomic E-state index is 14.5. The Bertz CT molecular complexity index is 945. The number of alkyl halides is 7. The molecule has 3 aliphatic rings.